The Bertz CT molecular complexity index is 407. The topological polar surface area (TPSA) is 45.7 Å². The quantitative estimate of drug-likeness (QED) is 0.347. The molecule has 0 spiro atoms. The lowest BCUT2D eigenvalue weighted by Gasteiger charge is -2.11. The second-order valence-electron chi connectivity index (χ2n) is 3.73. The molecule has 5 heteroatoms. The molecule has 2 N–H and O–H groups in total. The molecule has 1 aromatic carbocycles. The van der Waals surface area contributed by atoms with E-state index in [0.717, 1.165) is 24.7 Å². The van der Waals surface area contributed by atoms with Gasteiger partial charge >= 0.3 is 0 Å². The van der Waals surface area contributed by atoms with Crippen LogP contribution in [0.15, 0.2) is 41.9 Å². The number of nitrogens with zero attached hydrogens (tertiary/aromatic N) is 1. The number of halogens is 1. The maximum atomic E-state index is 5.31. The van der Waals surface area contributed by atoms with Crippen molar-refractivity contribution < 1.29 is 4.74 Å². The monoisotopic (exact) mass is 375 g/mol. The predicted molar refractivity (Wildman–Crippen MR) is 91.7 cm³/mol. The standard InChI is InChI=1S/C14H21N3O.HI/c1-4-10-16-14(15-2)17-11-9-12-7-5-6-8-13(12)18-3;/h4-8H,1,9-11H2,2-3H3,(H2,15,16,17);1H. The maximum absolute atomic E-state index is 5.31. The molecule has 0 heterocycles. The zero-order valence-electron chi connectivity index (χ0n) is 11.5. The first-order valence-electron chi connectivity index (χ1n) is 5.99. The Morgan fingerprint density at radius 1 is 1.37 bits per heavy atom. The summed E-state index contributed by atoms with van der Waals surface area (Å²) in [5.41, 5.74) is 1.19. The van der Waals surface area contributed by atoms with Gasteiger partial charge in [0.25, 0.3) is 0 Å². The Morgan fingerprint density at radius 3 is 2.74 bits per heavy atom. The Kier molecular flexibility index (Phi) is 9.97. The zero-order chi connectivity index (χ0) is 13.2. The van der Waals surface area contributed by atoms with Gasteiger partial charge in [0.15, 0.2) is 5.96 Å². The van der Waals surface area contributed by atoms with E-state index in [-0.39, 0.29) is 24.0 Å². The van der Waals surface area contributed by atoms with Gasteiger partial charge in [-0.05, 0) is 18.1 Å². The van der Waals surface area contributed by atoms with E-state index in [9.17, 15) is 0 Å². The first-order valence-corrected chi connectivity index (χ1v) is 5.99. The molecule has 0 saturated heterocycles. The Labute approximate surface area is 132 Å². The predicted octanol–water partition coefficient (Wildman–Crippen LogP) is 2.21. The number of nitrogens with one attached hydrogen (secondary N) is 2. The minimum atomic E-state index is 0. The second kappa shape index (κ2) is 10.7. The summed E-state index contributed by atoms with van der Waals surface area (Å²) in [6.07, 6.45) is 2.69. The van der Waals surface area contributed by atoms with Crippen LogP contribution in [0.4, 0.5) is 0 Å². The minimum absolute atomic E-state index is 0. The summed E-state index contributed by atoms with van der Waals surface area (Å²) in [5, 5.41) is 6.36. The molecule has 0 aliphatic heterocycles. The third kappa shape index (κ3) is 6.47. The van der Waals surface area contributed by atoms with Gasteiger partial charge in [0.05, 0.1) is 7.11 Å². The molecule has 0 saturated carbocycles. The van der Waals surface area contributed by atoms with E-state index in [2.05, 4.69) is 28.3 Å². The van der Waals surface area contributed by atoms with E-state index < -0.39 is 0 Å². The van der Waals surface area contributed by atoms with Gasteiger partial charge in [0.2, 0.25) is 0 Å². The number of ether oxygens (including phenoxy) is 1. The summed E-state index contributed by atoms with van der Waals surface area (Å²) in [6.45, 7) is 5.16. The minimum Gasteiger partial charge on any atom is -0.496 e. The highest BCUT2D eigenvalue weighted by Gasteiger charge is 2.01. The van der Waals surface area contributed by atoms with Crippen LogP contribution < -0.4 is 15.4 Å². The fraction of sp³-hybridized carbons (Fsp3) is 0.357. The summed E-state index contributed by atoms with van der Waals surface area (Å²) in [6, 6.07) is 8.03. The van der Waals surface area contributed by atoms with Crippen LogP contribution in [0.25, 0.3) is 0 Å². The van der Waals surface area contributed by atoms with Crippen LogP contribution in [0.3, 0.4) is 0 Å². The maximum Gasteiger partial charge on any atom is 0.191 e. The number of aliphatic imine (C=N–C) groups is 1. The Hall–Kier alpha value is -1.24. The van der Waals surface area contributed by atoms with Crippen LogP contribution in [0.5, 0.6) is 5.75 Å². The number of methoxy groups -OCH3 is 1. The molecule has 19 heavy (non-hydrogen) atoms. The highest BCUT2D eigenvalue weighted by atomic mass is 127. The normalized spacial score (nSPS) is 10.3. The van der Waals surface area contributed by atoms with E-state index in [4.69, 9.17) is 4.74 Å². The van der Waals surface area contributed by atoms with Crippen molar-refractivity contribution in [3.05, 3.63) is 42.5 Å². The molecule has 0 atom stereocenters. The van der Waals surface area contributed by atoms with E-state index in [0.29, 0.717) is 6.54 Å². The van der Waals surface area contributed by atoms with Crippen molar-refractivity contribution in [2.24, 2.45) is 4.99 Å². The molecular weight excluding hydrogens is 353 g/mol. The molecule has 0 amide bonds. The van der Waals surface area contributed by atoms with Crippen LogP contribution in [0, 0.1) is 0 Å². The molecule has 1 aromatic rings. The smallest absolute Gasteiger partial charge is 0.191 e. The first-order chi connectivity index (χ1) is 8.81. The van der Waals surface area contributed by atoms with Crippen LogP contribution in [-0.2, 0) is 6.42 Å². The highest BCUT2D eigenvalue weighted by molar-refractivity contribution is 14.0. The van der Waals surface area contributed by atoms with Crippen LogP contribution in [-0.4, -0.2) is 33.2 Å². The van der Waals surface area contributed by atoms with Crippen LogP contribution >= 0.6 is 24.0 Å². The molecule has 0 aliphatic rings. The zero-order valence-corrected chi connectivity index (χ0v) is 13.8. The summed E-state index contributed by atoms with van der Waals surface area (Å²) >= 11 is 0. The van der Waals surface area contributed by atoms with Gasteiger partial charge in [-0.25, -0.2) is 0 Å². The molecule has 106 valence electrons. The van der Waals surface area contributed by atoms with Gasteiger partial charge in [-0.3, -0.25) is 4.99 Å². The molecule has 0 radical (unpaired) electrons. The van der Waals surface area contributed by atoms with E-state index >= 15 is 0 Å². The summed E-state index contributed by atoms with van der Waals surface area (Å²) in [5.74, 6) is 1.71. The van der Waals surface area contributed by atoms with Crippen molar-refractivity contribution in [1.29, 1.82) is 0 Å². The summed E-state index contributed by atoms with van der Waals surface area (Å²) in [4.78, 5) is 4.11. The fourth-order valence-electron chi connectivity index (χ4n) is 1.61. The number of para-hydroxylation sites is 1. The van der Waals surface area contributed by atoms with E-state index in [1.807, 2.05) is 18.2 Å². The number of benzene rings is 1. The third-order valence-corrected chi connectivity index (χ3v) is 2.52. The Balaban J connectivity index is 0.00000324. The molecule has 0 aromatic heterocycles. The molecule has 0 unspecified atom stereocenters. The van der Waals surface area contributed by atoms with Gasteiger partial charge in [-0.2, -0.15) is 0 Å². The molecule has 4 nitrogen and oxygen atoms in total. The van der Waals surface area contributed by atoms with Gasteiger partial charge in [0, 0.05) is 20.1 Å². The summed E-state index contributed by atoms with van der Waals surface area (Å²) in [7, 11) is 3.44. The lowest BCUT2D eigenvalue weighted by Crippen LogP contribution is -2.38. The third-order valence-electron chi connectivity index (χ3n) is 2.52. The number of hydrogen-bond donors (Lipinski definition) is 2. The fourth-order valence-corrected chi connectivity index (χ4v) is 1.61. The second-order valence-corrected chi connectivity index (χ2v) is 3.73. The lowest BCUT2D eigenvalue weighted by atomic mass is 10.1. The highest BCUT2D eigenvalue weighted by Crippen LogP contribution is 2.17. The average Bonchev–Trinajstić information content (AvgIpc) is 2.43. The molecular formula is C14H22IN3O. The average molecular weight is 375 g/mol. The molecule has 0 aliphatic carbocycles. The van der Waals surface area contributed by atoms with Crippen molar-refractivity contribution in [3.63, 3.8) is 0 Å². The first kappa shape index (κ1) is 17.8. The number of guanidine groups is 1. The van der Waals surface area contributed by atoms with Crippen molar-refractivity contribution in [2.75, 3.05) is 27.2 Å². The van der Waals surface area contributed by atoms with Crippen molar-refractivity contribution >= 4 is 29.9 Å². The largest absolute Gasteiger partial charge is 0.496 e. The summed E-state index contributed by atoms with van der Waals surface area (Å²) < 4.78 is 5.31. The van der Waals surface area contributed by atoms with E-state index in [1.54, 1.807) is 20.2 Å². The van der Waals surface area contributed by atoms with Crippen molar-refractivity contribution in [1.82, 2.24) is 10.6 Å². The van der Waals surface area contributed by atoms with Gasteiger partial charge < -0.3 is 15.4 Å². The van der Waals surface area contributed by atoms with Crippen molar-refractivity contribution in [3.8, 4) is 5.75 Å². The lowest BCUT2D eigenvalue weighted by molar-refractivity contribution is 0.409. The molecule has 0 fully saturated rings. The van der Waals surface area contributed by atoms with Crippen LogP contribution in [0.1, 0.15) is 5.56 Å². The van der Waals surface area contributed by atoms with Crippen molar-refractivity contribution in [2.45, 2.75) is 6.42 Å². The van der Waals surface area contributed by atoms with E-state index in [1.165, 1.54) is 5.56 Å². The van der Waals surface area contributed by atoms with Gasteiger partial charge in [0.1, 0.15) is 5.75 Å². The SMILES string of the molecule is C=CCNC(=NC)NCCc1ccccc1OC.I. The number of hydrogen-bond acceptors (Lipinski definition) is 2. The molecule has 0 bridgehead atoms. The number of rotatable bonds is 6. The van der Waals surface area contributed by atoms with Gasteiger partial charge in [-0.15, -0.1) is 30.6 Å². The van der Waals surface area contributed by atoms with Crippen LogP contribution in [0.2, 0.25) is 0 Å². The van der Waals surface area contributed by atoms with Gasteiger partial charge in [-0.1, -0.05) is 24.3 Å². The molecule has 1 rings (SSSR count). The Morgan fingerprint density at radius 2 is 2.11 bits per heavy atom.